The summed E-state index contributed by atoms with van der Waals surface area (Å²) in [5.41, 5.74) is 4.56. The Morgan fingerprint density at radius 3 is 2.10 bits per heavy atom. The van der Waals surface area contributed by atoms with Gasteiger partial charge in [0.2, 0.25) is 11.6 Å². The molecule has 2 aromatic carbocycles. The maximum absolute atomic E-state index is 13.0. The fourth-order valence-electron chi connectivity index (χ4n) is 3.23. The molecular weight excluding hydrogens is 416 g/mol. The van der Waals surface area contributed by atoms with Gasteiger partial charge >= 0.3 is 0 Å². The second-order valence-electron chi connectivity index (χ2n) is 7.16. The van der Waals surface area contributed by atoms with Gasteiger partial charge in [0, 0.05) is 11.1 Å². The van der Waals surface area contributed by atoms with Crippen LogP contribution in [0.4, 0.5) is 0 Å². The topological polar surface area (TPSA) is 83.7 Å². The van der Waals surface area contributed by atoms with Crippen LogP contribution in [-0.2, 0) is 0 Å². The van der Waals surface area contributed by atoms with Crippen LogP contribution in [0.3, 0.4) is 0 Å². The summed E-state index contributed by atoms with van der Waals surface area (Å²) in [4.78, 5) is 13.0. The Balaban J connectivity index is 1.83. The molecule has 0 aliphatic carbocycles. The second-order valence-corrected chi connectivity index (χ2v) is 8.45. The number of thioether (sulfide) groups is 1. The van der Waals surface area contributed by atoms with Gasteiger partial charge in [-0.3, -0.25) is 4.79 Å². The third kappa shape index (κ3) is 4.69. The van der Waals surface area contributed by atoms with Gasteiger partial charge in [-0.25, -0.2) is 0 Å². The third-order valence-corrected chi connectivity index (χ3v) is 6.01. The van der Waals surface area contributed by atoms with E-state index < -0.39 is 0 Å². The average molecular weight is 443 g/mol. The Kier molecular flexibility index (Phi) is 6.90. The third-order valence-electron chi connectivity index (χ3n) is 5.07. The summed E-state index contributed by atoms with van der Waals surface area (Å²) in [6.45, 7) is 7.83. The molecule has 0 fully saturated rings. The molecule has 0 radical (unpaired) electrons. The number of ketones is 1. The number of ether oxygens (including phenoxy) is 3. The standard InChI is InChI=1S/C23H26N2O5S/c1-12-8-14(3)17(9-13(12)2)20(26)15(4)31-23-25-24-22(30-23)16-10-18(27-5)21(29-7)19(11-16)28-6/h8-11,15H,1-7H3. The number of benzene rings is 2. The van der Waals surface area contributed by atoms with E-state index in [1.807, 2.05) is 39.8 Å². The molecule has 0 aliphatic heterocycles. The van der Waals surface area contributed by atoms with Gasteiger partial charge in [0.25, 0.3) is 5.22 Å². The Morgan fingerprint density at radius 2 is 1.52 bits per heavy atom. The van der Waals surface area contributed by atoms with Crippen LogP contribution in [0.15, 0.2) is 33.9 Å². The summed E-state index contributed by atoms with van der Waals surface area (Å²) in [5, 5.41) is 8.15. The number of aryl methyl sites for hydroxylation is 3. The molecule has 8 heteroatoms. The van der Waals surface area contributed by atoms with Crippen molar-refractivity contribution in [2.45, 2.75) is 38.2 Å². The van der Waals surface area contributed by atoms with E-state index >= 15 is 0 Å². The summed E-state index contributed by atoms with van der Waals surface area (Å²) in [6.07, 6.45) is 0. The van der Waals surface area contributed by atoms with Gasteiger partial charge < -0.3 is 18.6 Å². The first-order valence-electron chi connectivity index (χ1n) is 9.71. The molecule has 1 unspecified atom stereocenters. The zero-order valence-corrected chi connectivity index (χ0v) is 19.5. The Labute approximate surface area is 186 Å². The molecular formula is C23H26N2O5S. The predicted molar refractivity (Wildman–Crippen MR) is 120 cm³/mol. The largest absolute Gasteiger partial charge is 0.493 e. The van der Waals surface area contributed by atoms with Crippen molar-refractivity contribution in [1.82, 2.24) is 10.2 Å². The lowest BCUT2D eigenvalue weighted by Crippen LogP contribution is -2.15. The highest BCUT2D eigenvalue weighted by molar-refractivity contribution is 8.00. The van der Waals surface area contributed by atoms with Crippen LogP contribution < -0.4 is 14.2 Å². The minimum Gasteiger partial charge on any atom is -0.493 e. The summed E-state index contributed by atoms with van der Waals surface area (Å²) < 4.78 is 21.9. The summed E-state index contributed by atoms with van der Waals surface area (Å²) in [7, 11) is 4.62. The molecule has 0 N–H and O–H groups in total. The molecule has 3 rings (SSSR count). The van der Waals surface area contributed by atoms with Gasteiger partial charge in [-0.2, -0.15) is 0 Å². The molecule has 1 aromatic heterocycles. The molecule has 3 aromatic rings. The first kappa shape index (κ1) is 22.7. The van der Waals surface area contributed by atoms with Gasteiger partial charge in [-0.05, 0) is 62.6 Å². The number of hydrogen-bond acceptors (Lipinski definition) is 8. The lowest BCUT2D eigenvalue weighted by Gasteiger charge is -2.13. The molecule has 164 valence electrons. The van der Waals surface area contributed by atoms with E-state index in [1.165, 1.54) is 38.7 Å². The first-order valence-corrected chi connectivity index (χ1v) is 10.6. The van der Waals surface area contributed by atoms with Crippen molar-refractivity contribution in [2.24, 2.45) is 0 Å². The van der Waals surface area contributed by atoms with E-state index in [-0.39, 0.29) is 11.0 Å². The highest BCUT2D eigenvalue weighted by Gasteiger charge is 2.23. The molecule has 31 heavy (non-hydrogen) atoms. The molecule has 1 atom stereocenters. The van der Waals surface area contributed by atoms with Crippen LogP contribution in [0.1, 0.15) is 34.0 Å². The molecule has 0 bridgehead atoms. The molecule has 7 nitrogen and oxygen atoms in total. The molecule has 0 saturated heterocycles. The first-order chi connectivity index (χ1) is 14.8. The van der Waals surface area contributed by atoms with E-state index in [4.69, 9.17) is 18.6 Å². The van der Waals surface area contributed by atoms with Crippen LogP contribution >= 0.6 is 11.8 Å². The van der Waals surface area contributed by atoms with Crippen molar-refractivity contribution < 1.29 is 23.4 Å². The number of carbonyl (C=O) groups excluding carboxylic acids is 1. The molecule has 0 spiro atoms. The SMILES string of the molecule is COc1cc(-c2nnc(SC(C)C(=O)c3cc(C)c(C)cc3C)o2)cc(OC)c1OC. The smallest absolute Gasteiger partial charge is 0.277 e. The summed E-state index contributed by atoms with van der Waals surface area (Å²) in [6, 6.07) is 7.45. The molecule has 1 heterocycles. The normalized spacial score (nSPS) is 11.8. The number of Topliss-reactive ketones (excluding diaryl/α,β-unsaturated/α-hetero) is 1. The van der Waals surface area contributed by atoms with E-state index in [1.54, 1.807) is 12.1 Å². The Morgan fingerprint density at radius 1 is 0.903 bits per heavy atom. The van der Waals surface area contributed by atoms with Crippen molar-refractivity contribution in [3.05, 3.63) is 46.5 Å². The number of rotatable bonds is 8. The molecule has 0 saturated carbocycles. The van der Waals surface area contributed by atoms with E-state index in [2.05, 4.69) is 10.2 Å². The fraction of sp³-hybridized carbons (Fsp3) is 0.348. The number of nitrogens with zero attached hydrogens (tertiary/aromatic N) is 2. The van der Waals surface area contributed by atoms with Crippen LogP contribution in [0, 0.1) is 20.8 Å². The van der Waals surface area contributed by atoms with Gasteiger partial charge in [0.05, 0.1) is 26.6 Å². The predicted octanol–water partition coefficient (Wildman–Crippen LogP) is 5.05. The summed E-state index contributed by atoms with van der Waals surface area (Å²) >= 11 is 1.23. The van der Waals surface area contributed by atoms with Crippen LogP contribution in [0.25, 0.3) is 11.5 Å². The van der Waals surface area contributed by atoms with Gasteiger partial charge in [-0.15, -0.1) is 10.2 Å². The van der Waals surface area contributed by atoms with E-state index in [0.717, 1.165) is 11.1 Å². The van der Waals surface area contributed by atoms with E-state index in [0.29, 0.717) is 39.5 Å². The van der Waals surface area contributed by atoms with Crippen molar-refractivity contribution in [2.75, 3.05) is 21.3 Å². The van der Waals surface area contributed by atoms with Crippen molar-refractivity contribution in [3.8, 4) is 28.7 Å². The highest BCUT2D eigenvalue weighted by Crippen LogP contribution is 2.41. The van der Waals surface area contributed by atoms with Crippen molar-refractivity contribution in [3.63, 3.8) is 0 Å². The quantitative estimate of drug-likeness (QED) is 0.354. The van der Waals surface area contributed by atoms with Crippen molar-refractivity contribution in [1.29, 1.82) is 0 Å². The lowest BCUT2D eigenvalue weighted by molar-refractivity contribution is 0.0993. The zero-order valence-electron chi connectivity index (χ0n) is 18.7. The minimum atomic E-state index is -0.381. The minimum absolute atomic E-state index is 0.0261. The highest BCUT2D eigenvalue weighted by atomic mass is 32.2. The average Bonchev–Trinajstić information content (AvgIpc) is 3.23. The summed E-state index contributed by atoms with van der Waals surface area (Å²) in [5.74, 6) is 1.77. The fourth-order valence-corrected chi connectivity index (χ4v) is 3.98. The second kappa shape index (κ2) is 9.43. The lowest BCUT2D eigenvalue weighted by atomic mass is 9.97. The number of hydrogen-bond donors (Lipinski definition) is 0. The Bertz CT molecular complexity index is 1080. The zero-order chi connectivity index (χ0) is 22.7. The number of methoxy groups -OCH3 is 3. The van der Waals surface area contributed by atoms with Gasteiger partial charge in [-0.1, -0.05) is 17.8 Å². The number of aromatic nitrogens is 2. The van der Waals surface area contributed by atoms with E-state index in [9.17, 15) is 4.79 Å². The van der Waals surface area contributed by atoms with Gasteiger partial charge in [0.15, 0.2) is 17.3 Å². The number of carbonyl (C=O) groups is 1. The van der Waals surface area contributed by atoms with Crippen LogP contribution in [0.5, 0.6) is 17.2 Å². The van der Waals surface area contributed by atoms with Crippen molar-refractivity contribution >= 4 is 17.5 Å². The van der Waals surface area contributed by atoms with Gasteiger partial charge in [0.1, 0.15) is 0 Å². The van der Waals surface area contributed by atoms with Crippen LogP contribution in [0.2, 0.25) is 0 Å². The molecule has 0 aliphatic rings. The monoisotopic (exact) mass is 442 g/mol. The maximum atomic E-state index is 13.0. The Hall–Kier alpha value is -3.00. The van der Waals surface area contributed by atoms with Crippen LogP contribution in [-0.4, -0.2) is 42.6 Å². The maximum Gasteiger partial charge on any atom is 0.277 e. The molecule has 0 amide bonds.